The van der Waals surface area contributed by atoms with E-state index in [1.54, 1.807) is 27.7 Å². The minimum absolute atomic E-state index is 0.0133. The molecular weight excluding hydrogens is 419 g/mol. The Balaban J connectivity index is 2.49. The molecule has 0 heterocycles. The monoisotopic (exact) mass is 446 g/mol. The lowest BCUT2D eigenvalue weighted by Gasteiger charge is -2.24. The van der Waals surface area contributed by atoms with E-state index in [0.29, 0.717) is 6.42 Å². The Bertz CT molecular complexity index is 1050. The first-order valence-electron chi connectivity index (χ1n) is 10.0. The van der Waals surface area contributed by atoms with Crippen molar-refractivity contribution in [1.29, 1.82) is 0 Å². The molecule has 1 atom stereocenters. The van der Waals surface area contributed by atoms with E-state index in [9.17, 15) is 19.7 Å². The Morgan fingerprint density at radius 2 is 1.88 bits per heavy atom. The maximum atomic E-state index is 15.6. The van der Waals surface area contributed by atoms with Crippen molar-refractivity contribution in [1.82, 2.24) is 5.32 Å². The average Bonchev–Trinajstić information content (AvgIpc) is 2.69. The molecule has 9 heteroatoms. The number of amides is 1. The second-order valence-electron chi connectivity index (χ2n) is 8.24. The fourth-order valence-electron chi connectivity index (χ4n) is 3.22. The maximum absolute atomic E-state index is 15.6. The first-order valence-corrected chi connectivity index (χ1v) is 10.0. The first kappa shape index (κ1) is 24.8. The molecule has 0 spiro atoms. The molecule has 0 fully saturated rings. The van der Waals surface area contributed by atoms with Gasteiger partial charge in [0.15, 0.2) is 5.78 Å². The van der Waals surface area contributed by atoms with E-state index >= 15 is 4.39 Å². The summed E-state index contributed by atoms with van der Waals surface area (Å²) in [5.74, 6) is -1.51. The van der Waals surface area contributed by atoms with Gasteiger partial charge in [0.25, 0.3) is 5.69 Å². The van der Waals surface area contributed by atoms with Crippen LogP contribution in [0.25, 0.3) is 0 Å². The van der Waals surface area contributed by atoms with Crippen molar-refractivity contribution in [2.24, 2.45) is 0 Å². The van der Waals surface area contributed by atoms with Crippen LogP contribution >= 0.6 is 0 Å². The molecule has 0 aromatic heterocycles. The number of ether oxygens (including phenoxy) is 2. The number of carbonyl (C=O) groups excluding carboxylic acids is 2. The predicted octanol–water partition coefficient (Wildman–Crippen LogP) is 5.26. The smallest absolute Gasteiger partial charge is 0.408 e. The molecule has 32 heavy (non-hydrogen) atoms. The van der Waals surface area contributed by atoms with Gasteiger partial charge < -0.3 is 14.8 Å². The van der Waals surface area contributed by atoms with E-state index in [4.69, 9.17) is 9.47 Å². The number of alkyl carbamates (subject to hydrolysis) is 1. The van der Waals surface area contributed by atoms with E-state index in [1.807, 2.05) is 0 Å². The molecular formula is C23H27FN2O6. The summed E-state index contributed by atoms with van der Waals surface area (Å²) in [6, 6.07) is 5.95. The van der Waals surface area contributed by atoms with Gasteiger partial charge in [-0.15, -0.1) is 0 Å². The van der Waals surface area contributed by atoms with Crippen molar-refractivity contribution >= 4 is 17.6 Å². The van der Waals surface area contributed by atoms with Gasteiger partial charge in [-0.1, -0.05) is 13.0 Å². The largest absolute Gasteiger partial charge is 0.496 e. The number of hydrogen-bond donors (Lipinski definition) is 1. The van der Waals surface area contributed by atoms with E-state index < -0.39 is 34.3 Å². The molecule has 0 unspecified atom stereocenters. The number of halogens is 1. The van der Waals surface area contributed by atoms with Crippen LogP contribution in [0, 0.1) is 22.9 Å². The molecule has 2 aromatic carbocycles. The molecule has 0 radical (unpaired) electrons. The number of nitrogens with one attached hydrogen (secondary N) is 1. The Morgan fingerprint density at radius 3 is 2.38 bits per heavy atom. The van der Waals surface area contributed by atoms with Gasteiger partial charge in [-0.2, -0.15) is 0 Å². The Hall–Kier alpha value is -3.49. The van der Waals surface area contributed by atoms with Crippen LogP contribution in [0.3, 0.4) is 0 Å². The van der Waals surface area contributed by atoms with Gasteiger partial charge in [-0.25, -0.2) is 9.18 Å². The highest BCUT2D eigenvalue weighted by Gasteiger charge is 2.28. The molecule has 8 nitrogen and oxygen atoms in total. The number of ketones is 1. The summed E-state index contributed by atoms with van der Waals surface area (Å²) >= 11 is 0. The summed E-state index contributed by atoms with van der Waals surface area (Å²) in [6.45, 7) is 8.39. The predicted molar refractivity (Wildman–Crippen MR) is 117 cm³/mol. The second-order valence-corrected chi connectivity index (χ2v) is 8.24. The number of rotatable bonds is 7. The van der Waals surface area contributed by atoms with Gasteiger partial charge in [-0.3, -0.25) is 14.9 Å². The van der Waals surface area contributed by atoms with E-state index in [1.165, 1.54) is 44.4 Å². The van der Waals surface area contributed by atoms with Crippen LogP contribution < -0.4 is 10.1 Å². The maximum Gasteiger partial charge on any atom is 0.408 e. The normalized spacial score (nSPS) is 12.1. The zero-order valence-corrected chi connectivity index (χ0v) is 18.9. The summed E-state index contributed by atoms with van der Waals surface area (Å²) in [4.78, 5) is 35.8. The lowest BCUT2D eigenvalue weighted by atomic mass is 9.94. The zero-order valence-electron chi connectivity index (χ0n) is 18.9. The van der Waals surface area contributed by atoms with E-state index in [0.717, 1.165) is 0 Å². The average molecular weight is 446 g/mol. The summed E-state index contributed by atoms with van der Waals surface area (Å²) in [6.07, 6.45) is -0.370. The van der Waals surface area contributed by atoms with Crippen molar-refractivity contribution in [3.8, 4) is 5.75 Å². The first-order chi connectivity index (χ1) is 14.9. The third-order valence-corrected chi connectivity index (χ3v) is 4.71. The third-order valence-electron chi connectivity index (χ3n) is 4.71. The molecule has 2 aromatic rings. The molecule has 1 N–H and O–H groups in total. The number of carbonyl (C=O) groups is 2. The number of hydrogen-bond acceptors (Lipinski definition) is 6. The molecule has 0 saturated heterocycles. The number of benzene rings is 2. The quantitative estimate of drug-likeness (QED) is 0.353. The van der Waals surface area contributed by atoms with Crippen LogP contribution in [0.15, 0.2) is 30.3 Å². The van der Waals surface area contributed by atoms with Gasteiger partial charge in [-0.05, 0) is 52.3 Å². The molecule has 2 rings (SSSR count). The van der Waals surface area contributed by atoms with Crippen molar-refractivity contribution in [3.05, 3.63) is 68.5 Å². The molecule has 0 saturated carbocycles. The van der Waals surface area contributed by atoms with Gasteiger partial charge in [0, 0.05) is 22.8 Å². The van der Waals surface area contributed by atoms with Crippen LogP contribution in [-0.2, 0) is 4.74 Å². The number of aryl methyl sites for hydroxylation is 1. The molecule has 0 bridgehead atoms. The number of nitro groups is 1. The fraction of sp³-hybridized carbons (Fsp3) is 0.391. The number of nitrogens with zero attached hydrogens (tertiary/aromatic N) is 1. The van der Waals surface area contributed by atoms with Gasteiger partial charge >= 0.3 is 6.09 Å². The summed E-state index contributed by atoms with van der Waals surface area (Å²) in [7, 11) is 1.31. The summed E-state index contributed by atoms with van der Waals surface area (Å²) in [5.41, 5.74) is -0.736. The van der Waals surface area contributed by atoms with Crippen LogP contribution in [-0.4, -0.2) is 29.5 Å². The SMILES string of the molecule is CC[C@@H](NC(=O)OC(C)(C)C)c1ccc(OC)c(C(=O)c2ccc([N+](=O)[O-])c(C)c2)c1F. The molecule has 0 aliphatic carbocycles. The highest BCUT2D eigenvalue weighted by atomic mass is 19.1. The van der Waals surface area contributed by atoms with Crippen LogP contribution in [0.2, 0.25) is 0 Å². The standard InChI is InChI=1S/C23H27FN2O6/c1-7-16(25-22(28)32-23(3,4)5)15-9-11-18(31-6)19(20(15)24)21(27)14-8-10-17(26(29)30)13(2)12-14/h8-12,16H,7H2,1-6H3,(H,25,28)/t16-/m1/s1. The third kappa shape index (κ3) is 5.60. The summed E-state index contributed by atoms with van der Waals surface area (Å²) in [5, 5.41) is 13.7. The highest BCUT2D eigenvalue weighted by Crippen LogP contribution is 2.32. The Morgan fingerprint density at radius 1 is 1.22 bits per heavy atom. The second kappa shape index (κ2) is 9.76. The number of methoxy groups -OCH3 is 1. The fourth-order valence-corrected chi connectivity index (χ4v) is 3.22. The summed E-state index contributed by atoms with van der Waals surface area (Å²) < 4.78 is 26.0. The minimum Gasteiger partial charge on any atom is -0.496 e. The minimum atomic E-state index is -0.840. The molecule has 1 amide bonds. The molecule has 172 valence electrons. The van der Waals surface area contributed by atoms with E-state index in [-0.39, 0.29) is 33.7 Å². The van der Waals surface area contributed by atoms with Crippen LogP contribution in [0.4, 0.5) is 14.9 Å². The Kier molecular flexibility index (Phi) is 7.56. The van der Waals surface area contributed by atoms with Gasteiger partial charge in [0.2, 0.25) is 0 Å². The zero-order chi connectivity index (χ0) is 24.2. The van der Waals surface area contributed by atoms with Crippen molar-refractivity contribution in [2.75, 3.05) is 7.11 Å². The molecule has 0 aliphatic heterocycles. The van der Waals surface area contributed by atoms with Gasteiger partial charge in [0.1, 0.15) is 22.7 Å². The Labute approximate surface area is 185 Å². The lowest BCUT2D eigenvalue weighted by Crippen LogP contribution is -2.35. The lowest BCUT2D eigenvalue weighted by molar-refractivity contribution is -0.385. The van der Waals surface area contributed by atoms with Crippen LogP contribution in [0.1, 0.15) is 67.2 Å². The van der Waals surface area contributed by atoms with Crippen molar-refractivity contribution < 1.29 is 28.4 Å². The topological polar surface area (TPSA) is 108 Å². The highest BCUT2D eigenvalue weighted by molar-refractivity contribution is 6.11. The van der Waals surface area contributed by atoms with Crippen molar-refractivity contribution in [2.45, 2.75) is 52.7 Å². The van der Waals surface area contributed by atoms with Gasteiger partial charge in [0.05, 0.1) is 18.1 Å². The van der Waals surface area contributed by atoms with Crippen molar-refractivity contribution in [3.63, 3.8) is 0 Å². The molecule has 0 aliphatic rings. The number of nitro benzene ring substituents is 1. The van der Waals surface area contributed by atoms with E-state index in [2.05, 4.69) is 5.32 Å². The van der Waals surface area contributed by atoms with Crippen LogP contribution in [0.5, 0.6) is 5.75 Å².